The van der Waals surface area contributed by atoms with Gasteiger partial charge in [-0.15, -0.1) is 12.4 Å². The second-order valence-corrected chi connectivity index (χ2v) is 7.43. The molecule has 0 unspecified atom stereocenters. The highest BCUT2D eigenvalue weighted by Crippen LogP contribution is 2.36. The first-order chi connectivity index (χ1) is 11.8. The van der Waals surface area contributed by atoms with Crippen LogP contribution in [0.3, 0.4) is 0 Å². The maximum Gasteiger partial charge on any atom is 0.0471 e. The standard InChI is InChI=1S/C22H27NO.ClH/c24-13-12-16-8-10-17(11-9-16)14-19-15-22(18-4-1-2-5-18)23-21-7-3-6-20(19)21;/h8-11,15,18,24H,1-7,12-14H2;1H. The lowest BCUT2D eigenvalue weighted by atomic mass is 9.94. The molecule has 2 aliphatic carbocycles. The maximum atomic E-state index is 9.06. The molecule has 1 fully saturated rings. The number of rotatable bonds is 5. The fourth-order valence-electron chi connectivity index (χ4n) is 4.41. The van der Waals surface area contributed by atoms with Crippen LogP contribution in [0.15, 0.2) is 30.3 Å². The van der Waals surface area contributed by atoms with Gasteiger partial charge < -0.3 is 5.11 Å². The van der Waals surface area contributed by atoms with E-state index in [2.05, 4.69) is 30.3 Å². The molecule has 0 aliphatic heterocycles. The number of fused-ring (bicyclic) bond motifs is 1. The Hall–Kier alpha value is -1.38. The van der Waals surface area contributed by atoms with Gasteiger partial charge in [0, 0.05) is 23.9 Å². The molecule has 0 bridgehead atoms. The van der Waals surface area contributed by atoms with Crippen molar-refractivity contribution in [2.75, 3.05) is 6.61 Å². The quantitative estimate of drug-likeness (QED) is 0.835. The van der Waals surface area contributed by atoms with Crippen LogP contribution in [0.1, 0.15) is 71.7 Å². The molecular weight excluding hydrogens is 330 g/mol. The van der Waals surface area contributed by atoms with Crippen LogP contribution < -0.4 is 0 Å². The van der Waals surface area contributed by atoms with E-state index >= 15 is 0 Å². The van der Waals surface area contributed by atoms with E-state index in [1.54, 1.807) is 0 Å². The number of aryl methyl sites for hydroxylation is 1. The molecule has 1 aromatic heterocycles. The number of aromatic nitrogens is 1. The van der Waals surface area contributed by atoms with Crippen LogP contribution in [-0.2, 0) is 25.7 Å². The SMILES string of the molecule is Cl.OCCc1ccc(Cc2cc(C3CCCC3)nc3c2CCC3)cc1. The van der Waals surface area contributed by atoms with Crippen LogP contribution in [0.2, 0.25) is 0 Å². The smallest absolute Gasteiger partial charge is 0.0471 e. The number of aliphatic hydroxyl groups is 1. The second kappa shape index (κ2) is 8.33. The van der Waals surface area contributed by atoms with Crippen LogP contribution >= 0.6 is 12.4 Å². The Morgan fingerprint density at radius 1 is 0.960 bits per heavy atom. The van der Waals surface area contributed by atoms with E-state index < -0.39 is 0 Å². The molecule has 1 heterocycles. The summed E-state index contributed by atoms with van der Waals surface area (Å²) in [5, 5.41) is 9.06. The molecule has 0 saturated heterocycles. The number of benzene rings is 1. The zero-order chi connectivity index (χ0) is 16.4. The minimum Gasteiger partial charge on any atom is -0.396 e. The van der Waals surface area contributed by atoms with Crippen molar-refractivity contribution in [2.24, 2.45) is 0 Å². The molecule has 2 aliphatic rings. The molecule has 3 heteroatoms. The van der Waals surface area contributed by atoms with Gasteiger partial charge in [-0.2, -0.15) is 0 Å². The van der Waals surface area contributed by atoms with E-state index in [-0.39, 0.29) is 19.0 Å². The molecule has 2 nitrogen and oxygen atoms in total. The molecule has 0 radical (unpaired) electrons. The van der Waals surface area contributed by atoms with Crippen molar-refractivity contribution >= 4 is 12.4 Å². The number of pyridine rings is 1. The summed E-state index contributed by atoms with van der Waals surface area (Å²) in [5.41, 5.74) is 8.36. The zero-order valence-corrected chi connectivity index (χ0v) is 15.7. The first-order valence-electron chi connectivity index (χ1n) is 9.54. The van der Waals surface area contributed by atoms with E-state index in [0.29, 0.717) is 5.92 Å². The average Bonchev–Trinajstić information content (AvgIpc) is 3.28. The topological polar surface area (TPSA) is 33.1 Å². The molecule has 0 spiro atoms. The summed E-state index contributed by atoms with van der Waals surface area (Å²) in [7, 11) is 0. The summed E-state index contributed by atoms with van der Waals surface area (Å²) < 4.78 is 0. The van der Waals surface area contributed by atoms with Crippen molar-refractivity contribution in [3.05, 3.63) is 64.0 Å². The number of aliphatic hydroxyl groups excluding tert-OH is 1. The first kappa shape index (κ1) is 18.4. The van der Waals surface area contributed by atoms with Gasteiger partial charge in [-0.05, 0) is 73.3 Å². The van der Waals surface area contributed by atoms with Gasteiger partial charge in [-0.3, -0.25) is 4.98 Å². The molecule has 0 amide bonds. The zero-order valence-electron chi connectivity index (χ0n) is 14.8. The molecule has 1 N–H and O–H groups in total. The number of halogens is 1. The first-order valence-corrected chi connectivity index (χ1v) is 9.54. The van der Waals surface area contributed by atoms with Crippen molar-refractivity contribution in [3.8, 4) is 0 Å². The van der Waals surface area contributed by atoms with E-state index in [4.69, 9.17) is 10.1 Å². The highest BCUT2D eigenvalue weighted by atomic mass is 35.5. The van der Waals surface area contributed by atoms with E-state index in [1.807, 2.05) is 0 Å². The van der Waals surface area contributed by atoms with E-state index in [1.165, 1.54) is 78.6 Å². The summed E-state index contributed by atoms with van der Waals surface area (Å²) in [6.45, 7) is 0.224. The largest absolute Gasteiger partial charge is 0.396 e. The van der Waals surface area contributed by atoms with Gasteiger partial charge in [0.25, 0.3) is 0 Å². The van der Waals surface area contributed by atoms with Gasteiger partial charge in [0.15, 0.2) is 0 Å². The Balaban J connectivity index is 0.00000182. The van der Waals surface area contributed by atoms with Gasteiger partial charge in [0.1, 0.15) is 0 Å². The summed E-state index contributed by atoms with van der Waals surface area (Å²) in [4.78, 5) is 5.05. The van der Waals surface area contributed by atoms with Crippen LogP contribution in [-0.4, -0.2) is 16.7 Å². The van der Waals surface area contributed by atoms with Gasteiger partial charge in [0.05, 0.1) is 0 Å². The molecule has 25 heavy (non-hydrogen) atoms. The second-order valence-electron chi connectivity index (χ2n) is 7.43. The van der Waals surface area contributed by atoms with Crippen molar-refractivity contribution < 1.29 is 5.11 Å². The molecule has 2 aromatic rings. The fourth-order valence-corrected chi connectivity index (χ4v) is 4.41. The number of hydrogen-bond acceptors (Lipinski definition) is 2. The minimum atomic E-state index is 0. The van der Waals surface area contributed by atoms with E-state index in [9.17, 15) is 0 Å². The summed E-state index contributed by atoms with van der Waals surface area (Å²) in [6, 6.07) is 11.2. The van der Waals surface area contributed by atoms with Crippen LogP contribution in [0.25, 0.3) is 0 Å². The lowest BCUT2D eigenvalue weighted by Crippen LogP contribution is -2.05. The van der Waals surface area contributed by atoms with Crippen molar-refractivity contribution in [2.45, 2.75) is 63.7 Å². The Kier molecular flexibility index (Phi) is 6.14. The highest BCUT2D eigenvalue weighted by Gasteiger charge is 2.23. The lowest BCUT2D eigenvalue weighted by molar-refractivity contribution is 0.299. The molecular formula is C22H28ClNO. The minimum absolute atomic E-state index is 0. The highest BCUT2D eigenvalue weighted by molar-refractivity contribution is 5.85. The lowest BCUT2D eigenvalue weighted by Gasteiger charge is -2.15. The van der Waals surface area contributed by atoms with Gasteiger partial charge >= 0.3 is 0 Å². The summed E-state index contributed by atoms with van der Waals surface area (Å²) in [5.74, 6) is 0.696. The Bertz CT molecular complexity index is 705. The maximum absolute atomic E-state index is 9.06. The third-order valence-electron chi connectivity index (χ3n) is 5.75. The number of hydrogen-bond donors (Lipinski definition) is 1. The van der Waals surface area contributed by atoms with Crippen LogP contribution in [0.4, 0.5) is 0 Å². The van der Waals surface area contributed by atoms with Crippen LogP contribution in [0.5, 0.6) is 0 Å². The normalized spacial score (nSPS) is 16.7. The summed E-state index contributed by atoms with van der Waals surface area (Å²) >= 11 is 0. The molecule has 1 saturated carbocycles. The Morgan fingerprint density at radius 3 is 2.40 bits per heavy atom. The average molecular weight is 358 g/mol. The van der Waals surface area contributed by atoms with Crippen molar-refractivity contribution in [1.29, 1.82) is 0 Å². The van der Waals surface area contributed by atoms with E-state index in [0.717, 1.165) is 12.8 Å². The van der Waals surface area contributed by atoms with Crippen molar-refractivity contribution in [1.82, 2.24) is 4.98 Å². The van der Waals surface area contributed by atoms with Crippen molar-refractivity contribution in [3.63, 3.8) is 0 Å². The Morgan fingerprint density at radius 2 is 1.68 bits per heavy atom. The van der Waals surface area contributed by atoms with Gasteiger partial charge in [-0.25, -0.2) is 0 Å². The van der Waals surface area contributed by atoms with Gasteiger partial charge in [-0.1, -0.05) is 37.1 Å². The fraction of sp³-hybridized carbons (Fsp3) is 0.500. The molecule has 0 atom stereocenters. The monoisotopic (exact) mass is 357 g/mol. The summed E-state index contributed by atoms with van der Waals surface area (Å²) in [6.07, 6.45) is 10.8. The predicted octanol–water partition coefficient (Wildman–Crippen LogP) is 4.78. The third kappa shape index (κ3) is 4.07. The van der Waals surface area contributed by atoms with Crippen LogP contribution in [0, 0.1) is 0 Å². The molecule has 1 aromatic carbocycles. The third-order valence-corrected chi connectivity index (χ3v) is 5.75. The molecule has 4 rings (SSSR count). The Labute approximate surface area is 157 Å². The molecule has 134 valence electrons. The van der Waals surface area contributed by atoms with Gasteiger partial charge in [0.2, 0.25) is 0 Å². The predicted molar refractivity (Wildman–Crippen MR) is 105 cm³/mol. The number of nitrogens with zero attached hydrogens (tertiary/aromatic N) is 1.